The number of rotatable bonds is 4. The van der Waals surface area contributed by atoms with Crippen LogP contribution in [0.3, 0.4) is 0 Å². The van der Waals surface area contributed by atoms with E-state index in [1.807, 2.05) is 19.1 Å². The van der Waals surface area contributed by atoms with E-state index in [1.165, 1.54) is 0 Å². The van der Waals surface area contributed by atoms with Crippen LogP contribution in [0.2, 0.25) is 5.15 Å². The van der Waals surface area contributed by atoms with Crippen LogP contribution in [-0.4, -0.2) is 22.7 Å². The quantitative estimate of drug-likeness (QED) is 0.925. The molecule has 1 amide bonds. The molecule has 1 aromatic heterocycles. The summed E-state index contributed by atoms with van der Waals surface area (Å²) in [6.07, 6.45) is 0. The first-order valence-corrected chi connectivity index (χ1v) is 7.66. The molecule has 2 aromatic rings. The fourth-order valence-corrected chi connectivity index (χ4v) is 2.16. The molecule has 2 rings (SSSR count). The van der Waals surface area contributed by atoms with E-state index in [4.69, 9.17) is 16.3 Å². The van der Waals surface area contributed by atoms with Crippen LogP contribution in [0.15, 0.2) is 30.3 Å². The molecule has 0 atom stereocenters. The van der Waals surface area contributed by atoms with E-state index in [0.717, 1.165) is 11.1 Å². The number of aryl methyl sites for hydroxylation is 1. The number of hydrogen-bond acceptors (Lipinski definition) is 4. The Balaban J connectivity index is 2.03. The number of carbonyl (C=O) groups is 1. The summed E-state index contributed by atoms with van der Waals surface area (Å²) in [5, 5.41) is 10.3. The average Bonchev–Trinajstić information content (AvgIpc) is 2.47. The Hall–Kier alpha value is -2.14. The molecule has 122 valence electrons. The van der Waals surface area contributed by atoms with Crippen molar-refractivity contribution in [2.75, 3.05) is 11.9 Å². The van der Waals surface area contributed by atoms with Crippen molar-refractivity contribution >= 4 is 23.3 Å². The number of carbonyl (C=O) groups excluding carboxylic acids is 1. The standard InChI is InChI=1S/C17H20ClN3O2/c1-11-5-6-13(12(9-11)17(2,3)4)23-10-16(22)19-15-8-7-14(18)20-21-15/h5-9H,10H2,1-4H3,(H,19,21,22). The van der Waals surface area contributed by atoms with Crippen LogP contribution in [0.4, 0.5) is 5.82 Å². The van der Waals surface area contributed by atoms with Crippen LogP contribution < -0.4 is 10.1 Å². The van der Waals surface area contributed by atoms with Gasteiger partial charge in [0.2, 0.25) is 0 Å². The van der Waals surface area contributed by atoms with Crippen LogP contribution in [0.5, 0.6) is 5.75 Å². The van der Waals surface area contributed by atoms with E-state index in [1.54, 1.807) is 12.1 Å². The topological polar surface area (TPSA) is 64.1 Å². The van der Waals surface area contributed by atoms with Gasteiger partial charge >= 0.3 is 0 Å². The Morgan fingerprint density at radius 1 is 1.22 bits per heavy atom. The lowest BCUT2D eigenvalue weighted by Gasteiger charge is -2.23. The Morgan fingerprint density at radius 2 is 1.96 bits per heavy atom. The van der Waals surface area contributed by atoms with Crippen molar-refractivity contribution in [3.63, 3.8) is 0 Å². The second-order valence-electron chi connectivity index (χ2n) is 6.33. The highest BCUT2D eigenvalue weighted by molar-refractivity contribution is 6.29. The zero-order valence-electron chi connectivity index (χ0n) is 13.7. The van der Waals surface area contributed by atoms with E-state index in [2.05, 4.69) is 42.4 Å². The van der Waals surface area contributed by atoms with E-state index in [9.17, 15) is 4.79 Å². The Bertz CT molecular complexity index is 694. The normalized spacial score (nSPS) is 11.2. The number of benzene rings is 1. The number of anilines is 1. The molecular weight excluding hydrogens is 314 g/mol. The van der Waals surface area contributed by atoms with Gasteiger partial charge in [0.15, 0.2) is 17.6 Å². The highest BCUT2D eigenvalue weighted by Crippen LogP contribution is 2.32. The molecule has 0 radical (unpaired) electrons. The number of halogens is 1. The molecule has 0 unspecified atom stereocenters. The fourth-order valence-electron chi connectivity index (χ4n) is 2.06. The van der Waals surface area contributed by atoms with Gasteiger partial charge in [0.25, 0.3) is 5.91 Å². The maximum absolute atomic E-state index is 12.0. The van der Waals surface area contributed by atoms with Gasteiger partial charge in [-0.3, -0.25) is 4.79 Å². The third kappa shape index (κ3) is 4.93. The highest BCUT2D eigenvalue weighted by atomic mass is 35.5. The van der Waals surface area contributed by atoms with E-state index < -0.39 is 0 Å². The largest absolute Gasteiger partial charge is 0.483 e. The first-order valence-electron chi connectivity index (χ1n) is 7.29. The lowest BCUT2D eigenvalue weighted by Crippen LogP contribution is -2.22. The van der Waals surface area contributed by atoms with Gasteiger partial charge in [-0.1, -0.05) is 50.1 Å². The molecule has 0 saturated carbocycles. The molecule has 0 aliphatic carbocycles. The van der Waals surface area contributed by atoms with Crippen LogP contribution in [0.1, 0.15) is 31.9 Å². The molecule has 23 heavy (non-hydrogen) atoms. The molecule has 0 bridgehead atoms. The van der Waals surface area contributed by atoms with Gasteiger partial charge in [0.05, 0.1) is 0 Å². The van der Waals surface area contributed by atoms with Crippen molar-refractivity contribution in [1.82, 2.24) is 10.2 Å². The molecule has 1 aromatic carbocycles. The summed E-state index contributed by atoms with van der Waals surface area (Å²) >= 11 is 5.65. The first kappa shape index (κ1) is 17.2. The number of hydrogen-bond donors (Lipinski definition) is 1. The number of aromatic nitrogens is 2. The summed E-state index contributed by atoms with van der Waals surface area (Å²) in [6.45, 7) is 8.26. The van der Waals surface area contributed by atoms with Gasteiger partial charge in [-0.15, -0.1) is 10.2 Å². The van der Waals surface area contributed by atoms with Crippen LogP contribution in [0, 0.1) is 6.92 Å². The molecule has 1 heterocycles. The van der Waals surface area contributed by atoms with Crippen LogP contribution >= 0.6 is 11.6 Å². The van der Waals surface area contributed by atoms with Crippen molar-refractivity contribution in [3.8, 4) is 5.75 Å². The van der Waals surface area contributed by atoms with Crippen molar-refractivity contribution < 1.29 is 9.53 Å². The molecule has 0 fully saturated rings. The van der Waals surface area contributed by atoms with E-state index in [0.29, 0.717) is 11.6 Å². The smallest absolute Gasteiger partial charge is 0.263 e. The van der Waals surface area contributed by atoms with Crippen LogP contribution in [0.25, 0.3) is 0 Å². The first-order chi connectivity index (χ1) is 10.8. The lowest BCUT2D eigenvalue weighted by molar-refractivity contribution is -0.118. The fraction of sp³-hybridized carbons (Fsp3) is 0.353. The summed E-state index contributed by atoms with van der Waals surface area (Å²) in [5.41, 5.74) is 2.15. The minimum absolute atomic E-state index is 0.0700. The van der Waals surface area contributed by atoms with Crippen molar-refractivity contribution in [3.05, 3.63) is 46.6 Å². The summed E-state index contributed by atoms with van der Waals surface area (Å²) in [5.74, 6) is 0.741. The predicted octanol–water partition coefficient (Wildman–Crippen LogP) is 3.75. The second-order valence-corrected chi connectivity index (χ2v) is 6.72. The Kier molecular flexibility index (Phi) is 5.21. The summed E-state index contributed by atoms with van der Waals surface area (Å²) in [6, 6.07) is 9.08. The third-order valence-electron chi connectivity index (χ3n) is 3.20. The molecule has 0 saturated heterocycles. The predicted molar refractivity (Wildman–Crippen MR) is 91.0 cm³/mol. The van der Waals surface area contributed by atoms with Crippen molar-refractivity contribution in [2.45, 2.75) is 33.1 Å². The zero-order chi connectivity index (χ0) is 17.0. The second kappa shape index (κ2) is 6.96. The number of nitrogens with one attached hydrogen (secondary N) is 1. The maximum Gasteiger partial charge on any atom is 0.263 e. The van der Waals surface area contributed by atoms with Gasteiger partial charge in [0, 0.05) is 0 Å². The van der Waals surface area contributed by atoms with E-state index in [-0.39, 0.29) is 23.1 Å². The number of nitrogens with zero attached hydrogens (tertiary/aromatic N) is 2. The van der Waals surface area contributed by atoms with Gasteiger partial charge in [-0.05, 0) is 36.1 Å². The lowest BCUT2D eigenvalue weighted by atomic mass is 9.85. The van der Waals surface area contributed by atoms with Crippen molar-refractivity contribution in [1.29, 1.82) is 0 Å². The molecular formula is C17H20ClN3O2. The average molecular weight is 334 g/mol. The van der Waals surface area contributed by atoms with Crippen molar-refractivity contribution in [2.24, 2.45) is 0 Å². The number of ether oxygens (including phenoxy) is 1. The SMILES string of the molecule is Cc1ccc(OCC(=O)Nc2ccc(Cl)nn2)c(C(C)(C)C)c1. The number of amides is 1. The maximum atomic E-state index is 12.0. The van der Waals surface area contributed by atoms with Gasteiger partial charge in [-0.25, -0.2) is 0 Å². The molecule has 0 spiro atoms. The minimum Gasteiger partial charge on any atom is -0.483 e. The Morgan fingerprint density at radius 3 is 2.57 bits per heavy atom. The van der Waals surface area contributed by atoms with Crippen LogP contribution in [-0.2, 0) is 10.2 Å². The molecule has 1 N–H and O–H groups in total. The minimum atomic E-state index is -0.304. The zero-order valence-corrected chi connectivity index (χ0v) is 14.4. The summed E-state index contributed by atoms with van der Waals surface area (Å²) in [4.78, 5) is 12.0. The third-order valence-corrected chi connectivity index (χ3v) is 3.40. The molecule has 6 heteroatoms. The van der Waals surface area contributed by atoms with Gasteiger partial charge < -0.3 is 10.1 Å². The Labute approximate surface area is 141 Å². The van der Waals surface area contributed by atoms with Gasteiger partial charge in [0.1, 0.15) is 5.75 Å². The molecule has 0 aliphatic rings. The summed E-state index contributed by atoms with van der Waals surface area (Å²) in [7, 11) is 0. The molecule has 5 nitrogen and oxygen atoms in total. The van der Waals surface area contributed by atoms with Gasteiger partial charge in [-0.2, -0.15) is 0 Å². The highest BCUT2D eigenvalue weighted by Gasteiger charge is 2.19. The molecule has 0 aliphatic heterocycles. The monoisotopic (exact) mass is 333 g/mol. The van der Waals surface area contributed by atoms with E-state index >= 15 is 0 Å². The summed E-state index contributed by atoms with van der Waals surface area (Å²) < 4.78 is 5.69.